The molecule has 3 nitrogen and oxygen atoms in total. The van der Waals surface area contributed by atoms with Crippen molar-refractivity contribution in [3.05, 3.63) is 60.2 Å². The van der Waals surface area contributed by atoms with E-state index in [1.165, 1.54) is 32.1 Å². The van der Waals surface area contributed by atoms with Gasteiger partial charge in [-0.3, -0.25) is 14.9 Å². The summed E-state index contributed by atoms with van der Waals surface area (Å²) in [6, 6.07) is 13.0. The fourth-order valence-electron chi connectivity index (χ4n) is 3.16. The summed E-state index contributed by atoms with van der Waals surface area (Å²) in [7, 11) is 0. The van der Waals surface area contributed by atoms with Crippen molar-refractivity contribution in [2.24, 2.45) is 0 Å². The van der Waals surface area contributed by atoms with Gasteiger partial charge in [0.25, 0.3) is 0 Å². The standard InChI is InChI=1S/C18H23N3/c1-2-10-18(11-3-1)21(14-16-8-4-6-12-19-16)15-17-9-5-7-13-20-17/h4-9,12-13,18H,1-3,10-11,14-15H2. The van der Waals surface area contributed by atoms with Gasteiger partial charge in [-0.2, -0.15) is 0 Å². The molecule has 2 heterocycles. The van der Waals surface area contributed by atoms with Gasteiger partial charge < -0.3 is 0 Å². The minimum absolute atomic E-state index is 0.669. The fourth-order valence-corrected chi connectivity index (χ4v) is 3.16. The first-order chi connectivity index (χ1) is 10.4. The fraction of sp³-hybridized carbons (Fsp3) is 0.444. The summed E-state index contributed by atoms with van der Waals surface area (Å²) in [4.78, 5) is 11.5. The first kappa shape index (κ1) is 14.2. The molecule has 0 bridgehead atoms. The number of hydrogen-bond acceptors (Lipinski definition) is 3. The number of hydrogen-bond donors (Lipinski definition) is 0. The van der Waals surface area contributed by atoms with Crippen molar-refractivity contribution < 1.29 is 0 Å². The molecular formula is C18H23N3. The van der Waals surface area contributed by atoms with Gasteiger partial charge in [-0.1, -0.05) is 31.4 Å². The number of nitrogens with zero attached hydrogens (tertiary/aromatic N) is 3. The Balaban J connectivity index is 1.73. The van der Waals surface area contributed by atoms with Gasteiger partial charge in [0.05, 0.1) is 11.4 Å². The van der Waals surface area contributed by atoms with Crippen LogP contribution >= 0.6 is 0 Å². The maximum atomic E-state index is 4.49. The van der Waals surface area contributed by atoms with Crippen molar-refractivity contribution in [2.75, 3.05) is 0 Å². The summed E-state index contributed by atoms with van der Waals surface area (Å²) in [5.41, 5.74) is 2.30. The molecule has 110 valence electrons. The summed E-state index contributed by atoms with van der Waals surface area (Å²) in [5.74, 6) is 0. The van der Waals surface area contributed by atoms with E-state index in [2.05, 4.69) is 39.1 Å². The molecule has 0 unspecified atom stereocenters. The van der Waals surface area contributed by atoms with Crippen LogP contribution in [0.3, 0.4) is 0 Å². The lowest BCUT2D eigenvalue weighted by molar-refractivity contribution is 0.136. The highest BCUT2D eigenvalue weighted by atomic mass is 15.2. The van der Waals surface area contributed by atoms with Crippen LogP contribution in [-0.2, 0) is 13.1 Å². The summed E-state index contributed by atoms with van der Waals surface area (Å²) in [6.07, 6.45) is 10.5. The monoisotopic (exact) mass is 281 g/mol. The summed E-state index contributed by atoms with van der Waals surface area (Å²) >= 11 is 0. The van der Waals surface area contributed by atoms with Crippen LogP contribution in [0.4, 0.5) is 0 Å². The Morgan fingerprint density at radius 1 is 0.810 bits per heavy atom. The largest absolute Gasteiger partial charge is 0.289 e. The van der Waals surface area contributed by atoms with Gasteiger partial charge in [0, 0.05) is 31.5 Å². The van der Waals surface area contributed by atoms with Crippen molar-refractivity contribution >= 4 is 0 Å². The van der Waals surface area contributed by atoms with Gasteiger partial charge in [0.1, 0.15) is 0 Å². The molecule has 2 aromatic heterocycles. The molecule has 1 aliphatic rings. The second-order valence-corrected chi connectivity index (χ2v) is 5.84. The van der Waals surface area contributed by atoms with Gasteiger partial charge in [-0.05, 0) is 37.1 Å². The van der Waals surface area contributed by atoms with E-state index in [0.29, 0.717) is 6.04 Å². The van der Waals surface area contributed by atoms with Gasteiger partial charge in [0.2, 0.25) is 0 Å². The Morgan fingerprint density at radius 2 is 1.38 bits per heavy atom. The van der Waals surface area contributed by atoms with Crippen LogP contribution in [0.2, 0.25) is 0 Å². The number of pyridine rings is 2. The molecule has 3 rings (SSSR count). The Hall–Kier alpha value is -1.74. The lowest BCUT2D eigenvalue weighted by Gasteiger charge is -2.34. The van der Waals surface area contributed by atoms with E-state index in [1.807, 2.05) is 24.5 Å². The van der Waals surface area contributed by atoms with Gasteiger partial charge in [-0.15, -0.1) is 0 Å². The van der Waals surface area contributed by atoms with Gasteiger partial charge >= 0.3 is 0 Å². The zero-order valence-corrected chi connectivity index (χ0v) is 12.5. The van der Waals surface area contributed by atoms with E-state index in [0.717, 1.165) is 24.5 Å². The average molecular weight is 281 g/mol. The SMILES string of the molecule is c1ccc(CN(Cc2ccccn2)C2CCCCC2)nc1. The second kappa shape index (κ2) is 7.32. The van der Waals surface area contributed by atoms with Crippen LogP contribution < -0.4 is 0 Å². The third kappa shape index (κ3) is 4.11. The van der Waals surface area contributed by atoms with Gasteiger partial charge in [-0.25, -0.2) is 0 Å². The lowest BCUT2D eigenvalue weighted by Crippen LogP contribution is -2.36. The summed E-state index contributed by atoms with van der Waals surface area (Å²) in [5, 5.41) is 0. The molecule has 0 spiro atoms. The van der Waals surface area contributed by atoms with Crippen LogP contribution in [0.15, 0.2) is 48.8 Å². The van der Waals surface area contributed by atoms with Crippen molar-refractivity contribution in [3.8, 4) is 0 Å². The van der Waals surface area contributed by atoms with Crippen LogP contribution in [-0.4, -0.2) is 20.9 Å². The van der Waals surface area contributed by atoms with Crippen molar-refractivity contribution in [1.82, 2.24) is 14.9 Å². The highest BCUT2D eigenvalue weighted by molar-refractivity contribution is 5.06. The molecule has 1 fully saturated rings. The Labute approximate surface area is 127 Å². The summed E-state index contributed by atoms with van der Waals surface area (Å²) in [6.45, 7) is 1.84. The smallest absolute Gasteiger partial charge is 0.0544 e. The van der Waals surface area contributed by atoms with Crippen molar-refractivity contribution in [3.63, 3.8) is 0 Å². The molecule has 0 N–H and O–H groups in total. The van der Waals surface area contributed by atoms with E-state index in [9.17, 15) is 0 Å². The predicted octanol–water partition coefficient (Wildman–Crippen LogP) is 3.81. The molecule has 0 atom stereocenters. The van der Waals surface area contributed by atoms with Crippen LogP contribution in [0.5, 0.6) is 0 Å². The average Bonchev–Trinajstić information content (AvgIpc) is 2.57. The topological polar surface area (TPSA) is 29.0 Å². The number of rotatable bonds is 5. The highest BCUT2D eigenvalue weighted by Crippen LogP contribution is 2.25. The molecule has 0 saturated heterocycles. The number of aromatic nitrogens is 2. The third-order valence-electron chi connectivity index (χ3n) is 4.27. The first-order valence-corrected chi connectivity index (χ1v) is 7.96. The molecule has 2 aromatic rings. The molecular weight excluding hydrogens is 258 g/mol. The highest BCUT2D eigenvalue weighted by Gasteiger charge is 2.22. The summed E-state index contributed by atoms with van der Waals surface area (Å²) < 4.78 is 0. The molecule has 1 saturated carbocycles. The minimum atomic E-state index is 0.669. The van der Waals surface area contributed by atoms with E-state index in [4.69, 9.17) is 0 Å². The van der Waals surface area contributed by atoms with E-state index in [-0.39, 0.29) is 0 Å². The Kier molecular flexibility index (Phi) is 4.95. The maximum absolute atomic E-state index is 4.49. The lowest BCUT2D eigenvalue weighted by atomic mass is 9.94. The molecule has 0 aromatic carbocycles. The second-order valence-electron chi connectivity index (χ2n) is 5.84. The quantitative estimate of drug-likeness (QED) is 0.834. The first-order valence-electron chi connectivity index (χ1n) is 7.96. The zero-order chi connectivity index (χ0) is 14.3. The van der Waals surface area contributed by atoms with E-state index < -0.39 is 0 Å². The van der Waals surface area contributed by atoms with Crippen LogP contribution in [0, 0.1) is 0 Å². The van der Waals surface area contributed by atoms with E-state index in [1.54, 1.807) is 0 Å². The Morgan fingerprint density at radius 3 is 1.86 bits per heavy atom. The molecule has 3 heteroatoms. The third-order valence-corrected chi connectivity index (χ3v) is 4.27. The molecule has 0 aliphatic heterocycles. The van der Waals surface area contributed by atoms with Crippen LogP contribution in [0.1, 0.15) is 43.5 Å². The molecule has 21 heavy (non-hydrogen) atoms. The Bertz CT molecular complexity index is 479. The predicted molar refractivity (Wildman–Crippen MR) is 84.6 cm³/mol. The van der Waals surface area contributed by atoms with E-state index >= 15 is 0 Å². The normalized spacial score (nSPS) is 16.2. The van der Waals surface area contributed by atoms with Crippen LogP contribution in [0.25, 0.3) is 0 Å². The van der Waals surface area contributed by atoms with Gasteiger partial charge in [0.15, 0.2) is 0 Å². The maximum Gasteiger partial charge on any atom is 0.0544 e. The molecule has 1 aliphatic carbocycles. The van der Waals surface area contributed by atoms with Crippen molar-refractivity contribution in [2.45, 2.75) is 51.2 Å². The van der Waals surface area contributed by atoms with Crippen molar-refractivity contribution in [1.29, 1.82) is 0 Å². The molecule has 0 amide bonds. The molecule has 0 radical (unpaired) electrons. The zero-order valence-electron chi connectivity index (χ0n) is 12.5. The minimum Gasteiger partial charge on any atom is -0.289 e.